The van der Waals surface area contributed by atoms with E-state index in [4.69, 9.17) is 9.47 Å². The van der Waals surface area contributed by atoms with Gasteiger partial charge in [0.25, 0.3) is 0 Å². The summed E-state index contributed by atoms with van der Waals surface area (Å²) in [5.41, 5.74) is -0.464. The number of carbonyl (C=O) groups excluding carboxylic acids is 1. The fourth-order valence-corrected chi connectivity index (χ4v) is 3.00. The zero-order chi connectivity index (χ0) is 17.3. The second-order valence-electron chi connectivity index (χ2n) is 7.54. The number of carbonyl (C=O) groups is 1. The van der Waals surface area contributed by atoms with E-state index in [2.05, 4.69) is 12.2 Å². The first-order valence-electron chi connectivity index (χ1n) is 9.06. The van der Waals surface area contributed by atoms with Gasteiger partial charge in [-0.15, -0.1) is 0 Å². The fourth-order valence-electron chi connectivity index (χ4n) is 3.00. The molecule has 1 amide bonds. The number of hydrogen-bond donors (Lipinski definition) is 1. The van der Waals surface area contributed by atoms with Crippen molar-refractivity contribution in [1.82, 2.24) is 10.2 Å². The van der Waals surface area contributed by atoms with Gasteiger partial charge in [0.1, 0.15) is 5.60 Å². The molecule has 1 saturated carbocycles. The summed E-state index contributed by atoms with van der Waals surface area (Å²) >= 11 is 0. The lowest BCUT2D eigenvalue weighted by atomic mass is 9.84. The van der Waals surface area contributed by atoms with Crippen molar-refractivity contribution in [2.75, 3.05) is 33.4 Å². The summed E-state index contributed by atoms with van der Waals surface area (Å²) in [4.78, 5) is 14.0. The summed E-state index contributed by atoms with van der Waals surface area (Å²) in [5.74, 6) is 0.910. The Morgan fingerprint density at radius 2 is 1.83 bits per heavy atom. The third-order valence-electron chi connectivity index (χ3n) is 4.46. The molecule has 1 aliphatic carbocycles. The van der Waals surface area contributed by atoms with Crippen LogP contribution >= 0.6 is 0 Å². The third kappa shape index (κ3) is 8.56. The van der Waals surface area contributed by atoms with Crippen molar-refractivity contribution in [2.45, 2.75) is 71.4 Å². The van der Waals surface area contributed by atoms with Gasteiger partial charge in [-0.05, 0) is 52.4 Å². The Balaban J connectivity index is 2.34. The highest BCUT2D eigenvalue weighted by Crippen LogP contribution is 2.26. The van der Waals surface area contributed by atoms with Gasteiger partial charge in [0.15, 0.2) is 0 Å². The van der Waals surface area contributed by atoms with Crippen LogP contribution in [0.3, 0.4) is 0 Å². The van der Waals surface area contributed by atoms with Gasteiger partial charge in [-0.2, -0.15) is 0 Å². The molecule has 0 heterocycles. The standard InChI is InChI=1S/C18H36N2O3/c1-6-15-7-9-16(10-8-15)19-11-12-20(13-14-22-5)17(21)23-18(2,3)4/h15-16,19H,6-14H2,1-5H3. The number of methoxy groups -OCH3 is 1. The molecule has 0 spiro atoms. The normalized spacial score (nSPS) is 22.0. The van der Waals surface area contributed by atoms with Crippen LogP contribution in [-0.2, 0) is 9.47 Å². The van der Waals surface area contributed by atoms with Gasteiger partial charge >= 0.3 is 6.09 Å². The lowest BCUT2D eigenvalue weighted by molar-refractivity contribution is 0.0202. The first-order valence-corrected chi connectivity index (χ1v) is 9.06. The minimum Gasteiger partial charge on any atom is -0.444 e. The molecule has 1 N–H and O–H groups in total. The molecule has 1 aliphatic rings. The van der Waals surface area contributed by atoms with E-state index in [-0.39, 0.29) is 6.09 Å². The van der Waals surface area contributed by atoms with E-state index in [1.165, 1.54) is 32.1 Å². The molecule has 0 bridgehead atoms. The van der Waals surface area contributed by atoms with Crippen LogP contribution in [0.2, 0.25) is 0 Å². The minimum atomic E-state index is -0.464. The fraction of sp³-hybridized carbons (Fsp3) is 0.944. The van der Waals surface area contributed by atoms with E-state index < -0.39 is 5.60 Å². The van der Waals surface area contributed by atoms with E-state index in [9.17, 15) is 4.79 Å². The quantitative estimate of drug-likeness (QED) is 0.742. The Morgan fingerprint density at radius 3 is 2.35 bits per heavy atom. The van der Waals surface area contributed by atoms with Crippen molar-refractivity contribution in [3.05, 3.63) is 0 Å². The minimum absolute atomic E-state index is 0.258. The van der Waals surface area contributed by atoms with Crippen molar-refractivity contribution in [3.63, 3.8) is 0 Å². The number of rotatable bonds is 8. The summed E-state index contributed by atoms with van der Waals surface area (Å²) in [6.07, 6.45) is 6.20. The Bertz CT molecular complexity index is 334. The van der Waals surface area contributed by atoms with Crippen LogP contribution in [-0.4, -0.2) is 56.0 Å². The molecule has 0 aromatic heterocycles. The number of nitrogens with one attached hydrogen (secondary N) is 1. The highest BCUT2D eigenvalue weighted by molar-refractivity contribution is 5.68. The van der Waals surface area contributed by atoms with E-state index in [0.717, 1.165) is 12.5 Å². The smallest absolute Gasteiger partial charge is 0.410 e. The van der Waals surface area contributed by atoms with Gasteiger partial charge < -0.3 is 19.7 Å². The molecular formula is C18H36N2O3. The highest BCUT2D eigenvalue weighted by atomic mass is 16.6. The van der Waals surface area contributed by atoms with Crippen LogP contribution in [0.25, 0.3) is 0 Å². The van der Waals surface area contributed by atoms with E-state index in [1.54, 1.807) is 12.0 Å². The average molecular weight is 328 g/mol. The maximum absolute atomic E-state index is 12.2. The van der Waals surface area contributed by atoms with Crippen LogP contribution in [0.15, 0.2) is 0 Å². The van der Waals surface area contributed by atoms with Crippen molar-refractivity contribution >= 4 is 6.09 Å². The maximum Gasteiger partial charge on any atom is 0.410 e. The largest absolute Gasteiger partial charge is 0.444 e. The lowest BCUT2D eigenvalue weighted by Crippen LogP contribution is -2.44. The van der Waals surface area contributed by atoms with Gasteiger partial charge in [0.05, 0.1) is 6.61 Å². The van der Waals surface area contributed by atoms with Gasteiger partial charge in [-0.3, -0.25) is 0 Å². The van der Waals surface area contributed by atoms with Crippen LogP contribution in [0.4, 0.5) is 4.79 Å². The van der Waals surface area contributed by atoms with Gasteiger partial charge in [-0.25, -0.2) is 4.79 Å². The Kier molecular flexibility index (Phi) is 8.92. The molecule has 5 heteroatoms. The summed E-state index contributed by atoms with van der Waals surface area (Å²) < 4.78 is 10.6. The lowest BCUT2D eigenvalue weighted by Gasteiger charge is -2.30. The molecule has 0 aromatic carbocycles. The molecule has 23 heavy (non-hydrogen) atoms. The van der Waals surface area contributed by atoms with Crippen LogP contribution in [0.1, 0.15) is 59.8 Å². The average Bonchev–Trinajstić information content (AvgIpc) is 2.49. The summed E-state index contributed by atoms with van der Waals surface area (Å²) in [6.45, 7) is 10.5. The zero-order valence-corrected chi connectivity index (χ0v) is 15.7. The molecule has 0 radical (unpaired) electrons. The molecule has 136 valence electrons. The van der Waals surface area contributed by atoms with Gasteiger partial charge in [0, 0.05) is 32.8 Å². The molecule has 0 unspecified atom stereocenters. The molecule has 1 rings (SSSR count). The maximum atomic E-state index is 12.2. The number of amides is 1. The van der Waals surface area contributed by atoms with Crippen molar-refractivity contribution in [1.29, 1.82) is 0 Å². The highest BCUT2D eigenvalue weighted by Gasteiger charge is 2.23. The van der Waals surface area contributed by atoms with Gasteiger partial charge in [-0.1, -0.05) is 13.3 Å². The summed E-state index contributed by atoms with van der Waals surface area (Å²) in [6, 6.07) is 0.598. The number of nitrogens with zero attached hydrogens (tertiary/aromatic N) is 1. The topological polar surface area (TPSA) is 50.8 Å². The molecule has 0 saturated heterocycles. The van der Waals surface area contributed by atoms with Crippen molar-refractivity contribution < 1.29 is 14.3 Å². The second kappa shape index (κ2) is 10.1. The van der Waals surface area contributed by atoms with Crippen LogP contribution in [0.5, 0.6) is 0 Å². The van der Waals surface area contributed by atoms with Crippen LogP contribution < -0.4 is 5.32 Å². The SMILES string of the molecule is CCC1CCC(NCCN(CCOC)C(=O)OC(C)(C)C)CC1. The molecule has 5 nitrogen and oxygen atoms in total. The summed E-state index contributed by atoms with van der Waals surface area (Å²) in [5, 5.41) is 3.60. The molecule has 1 fully saturated rings. The first-order chi connectivity index (χ1) is 10.9. The van der Waals surface area contributed by atoms with E-state index in [0.29, 0.717) is 25.7 Å². The molecular weight excluding hydrogens is 292 g/mol. The van der Waals surface area contributed by atoms with Crippen molar-refractivity contribution in [2.24, 2.45) is 5.92 Å². The Labute approximate surface area is 142 Å². The Hall–Kier alpha value is -0.810. The third-order valence-corrected chi connectivity index (χ3v) is 4.46. The molecule has 0 aromatic rings. The molecule has 0 atom stereocenters. The predicted octanol–water partition coefficient (Wildman–Crippen LogP) is 3.43. The zero-order valence-electron chi connectivity index (χ0n) is 15.7. The second-order valence-corrected chi connectivity index (χ2v) is 7.54. The van der Waals surface area contributed by atoms with Crippen LogP contribution in [0, 0.1) is 5.92 Å². The number of ether oxygens (including phenoxy) is 2. The van der Waals surface area contributed by atoms with Crippen molar-refractivity contribution in [3.8, 4) is 0 Å². The number of hydrogen-bond acceptors (Lipinski definition) is 4. The summed E-state index contributed by atoms with van der Waals surface area (Å²) in [7, 11) is 1.65. The monoisotopic (exact) mass is 328 g/mol. The van der Waals surface area contributed by atoms with E-state index in [1.807, 2.05) is 20.8 Å². The first kappa shape index (κ1) is 20.2. The Morgan fingerprint density at radius 1 is 1.17 bits per heavy atom. The van der Waals surface area contributed by atoms with Gasteiger partial charge in [0.2, 0.25) is 0 Å². The van der Waals surface area contributed by atoms with E-state index >= 15 is 0 Å². The molecule has 0 aliphatic heterocycles. The predicted molar refractivity (Wildman–Crippen MR) is 93.7 cm³/mol.